The van der Waals surface area contributed by atoms with Gasteiger partial charge in [-0.1, -0.05) is 0 Å². The lowest BCUT2D eigenvalue weighted by Gasteiger charge is -2.18. The minimum Gasteiger partial charge on any atom is -0.354 e. The lowest BCUT2D eigenvalue weighted by Crippen LogP contribution is -2.33. The van der Waals surface area contributed by atoms with Crippen molar-refractivity contribution >= 4 is 11.6 Å². The number of aromatic nitrogens is 5. The van der Waals surface area contributed by atoms with E-state index in [9.17, 15) is 13.6 Å². The van der Waals surface area contributed by atoms with Crippen LogP contribution in [-0.4, -0.2) is 56.6 Å². The van der Waals surface area contributed by atoms with Crippen molar-refractivity contribution in [3.8, 4) is 17.1 Å². The minimum absolute atomic E-state index is 0.162. The predicted molar refractivity (Wildman–Crippen MR) is 98.1 cm³/mol. The van der Waals surface area contributed by atoms with E-state index < -0.39 is 11.6 Å². The van der Waals surface area contributed by atoms with Crippen LogP contribution in [0.4, 0.5) is 14.5 Å². The summed E-state index contributed by atoms with van der Waals surface area (Å²) in [4.78, 5) is 24.7. The van der Waals surface area contributed by atoms with E-state index in [0.717, 1.165) is 0 Å². The standard InChI is InChI=1S/C18H17F2N7O2/c1-11(28)22-6-14-7-26(10-29-14)13-2-15(19)17(16(20)3-13)12-4-23-18(24-5-12)27-9-21-8-25-27/h2-5,8-9,14H,6-7,10H2,1H3,(H,22,28)/t14-/m0/s1. The first kappa shape index (κ1) is 18.9. The van der Waals surface area contributed by atoms with Crippen molar-refractivity contribution in [1.82, 2.24) is 30.0 Å². The van der Waals surface area contributed by atoms with Crippen LogP contribution in [-0.2, 0) is 9.53 Å². The van der Waals surface area contributed by atoms with E-state index in [1.54, 1.807) is 4.90 Å². The molecule has 11 heteroatoms. The van der Waals surface area contributed by atoms with E-state index in [2.05, 4.69) is 25.4 Å². The number of benzene rings is 1. The van der Waals surface area contributed by atoms with Gasteiger partial charge >= 0.3 is 0 Å². The number of nitrogens with zero attached hydrogens (tertiary/aromatic N) is 6. The molecule has 0 radical (unpaired) electrons. The smallest absolute Gasteiger partial charge is 0.251 e. The largest absolute Gasteiger partial charge is 0.354 e. The van der Waals surface area contributed by atoms with Crippen molar-refractivity contribution < 1.29 is 18.3 Å². The Balaban J connectivity index is 1.53. The zero-order chi connectivity index (χ0) is 20.4. The molecule has 4 rings (SSSR count). The zero-order valence-corrected chi connectivity index (χ0v) is 15.4. The first-order valence-electron chi connectivity index (χ1n) is 8.78. The number of carbonyl (C=O) groups excluding carboxylic acids is 1. The number of halogens is 2. The fraction of sp³-hybridized carbons (Fsp3) is 0.278. The van der Waals surface area contributed by atoms with Gasteiger partial charge in [0.1, 0.15) is 31.0 Å². The molecular weight excluding hydrogens is 384 g/mol. The van der Waals surface area contributed by atoms with Gasteiger partial charge in [0, 0.05) is 43.7 Å². The number of ether oxygens (including phenoxy) is 1. The summed E-state index contributed by atoms with van der Waals surface area (Å²) in [5, 5.41) is 6.57. The molecule has 2 aromatic heterocycles. The molecule has 1 fully saturated rings. The number of hydrogen-bond acceptors (Lipinski definition) is 7. The average Bonchev–Trinajstić information content (AvgIpc) is 3.38. The van der Waals surface area contributed by atoms with Crippen molar-refractivity contribution in [3.63, 3.8) is 0 Å². The van der Waals surface area contributed by atoms with Gasteiger partial charge in [-0.15, -0.1) is 0 Å². The highest BCUT2D eigenvalue weighted by atomic mass is 19.1. The second kappa shape index (κ2) is 7.87. The van der Waals surface area contributed by atoms with Crippen LogP contribution in [0.15, 0.2) is 37.2 Å². The third-order valence-corrected chi connectivity index (χ3v) is 4.41. The first-order valence-corrected chi connectivity index (χ1v) is 8.78. The Morgan fingerprint density at radius 2 is 2.00 bits per heavy atom. The first-order chi connectivity index (χ1) is 14.0. The highest BCUT2D eigenvalue weighted by Crippen LogP contribution is 2.31. The third kappa shape index (κ3) is 4.04. The van der Waals surface area contributed by atoms with Crippen LogP contribution < -0.4 is 10.2 Å². The lowest BCUT2D eigenvalue weighted by atomic mass is 10.1. The van der Waals surface area contributed by atoms with Crippen LogP contribution in [0.25, 0.3) is 17.1 Å². The summed E-state index contributed by atoms with van der Waals surface area (Å²) in [6.07, 6.45) is 5.16. The van der Waals surface area contributed by atoms with Crippen molar-refractivity contribution in [2.75, 3.05) is 24.7 Å². The molecule has 3 heterocycles. The zero-order valence-electron chi connectivity index (χ0n) is 15.4. The summed E-state index contributed by atoms with van der Waals surface area (Å²) in [7, 11) is 0. The van der Waals surface area contributed by atoms with Crippen molar-refractivity contribution in [1.29, 1.82) is 0 Å². The summed E-state index contributed by atoms with van der Waals surface area (Å²) >= 11 is 0. The Bertz CT molecular complexity index is 989. The molecule has 0 spiro atoms. The second-order valence-corrected chi connectivity index (χ2v) is 6.47. The van der Waals surface area contributed by atoms with Gasteiger partial charge in [-0.3, -0.25) is 4.79 Å². The molecule has 0 bridgehead atoms. The van der Waals surface area contributed by atoms with Gasteiger partial charge in [0.25, 0.3) is 5.95 Å². The topological polar surface area (TPSA) is 98.1 Å². The Kier molecular flexibility index (Phi) is 5.12. The highest BCUT2D eigenvalue weighted by molar-refractivity contribution is 5.72. The molecule has 3 aromatic rings. The van der Waals surface area contributed by atoms with E-state index in [1.807, 2.05) is 0 Å². The van der Waals surface area contributed by atoms with Gasteiger partial charge in [0.15, 0.2) is 0 Å². The van der Waals surface area contributed by atoms with E-state index in [1.165, 1.54) is 48.8 Å². The molecule has 1 aliphatic heterocycles. The fourth-order valence-corrected chi connectivity index (χ4v) is 3.01. The SMILES string of the molecule is CC(=O)NC[C@H]1CN(c2cc(F)c(-c3cnc(-n4cncn4)nc3)c(F)c2)CO1. The van der Waals surface area contributed by atoms with Gasteiger partial charge in [0.05, 0.1) is 11.7 Å². The van der Waals surface area contributed by atoms with Gasteiger partial charge in [-0.05, 0) is 12.1 Å². The summed E-state index contributed by atoms with van der Waals surface area (Å²) in [5.74, 6) is -1.39. The highest BCUT2D eigenvalue weighted by Gasteiger charge is 2.25. The van der Waals surface area contributed by atoms with Crippen molar-refractivity contribution in [3.05, 3.63) is 48.8 Å². The van der Waals surface area contributed by atoms with Gasteiger partial charge in [-0.2, -0.15) is 9.78 Å². The van der Waals surface area contributed by atoms with E-state index in [0.29, 0.717) is 18.8 Å². The Morgan fingerprint density at radius 1 is 1.28 bits per heavy atom. The van der Waals surface area contributed by atoms with Gasteiger partial charge in [0.2, 0.25) is 5.91 Å². The van der Waals surface area contributed by atoms with Crippen molar-refractivity contribution in [2.45, 2.75) is 13.0 Å². The molecular formula is C18H17F2N7O2. The average molecular weight is 401 g/mol. The number of anilines is 1. The van der Waals surface area contributed by atoms with Crippen LogP contribution in [0.3, 0.4) is 0 Å². The molecule has 1 saturated heterocycles. The maximum absolute atomic E-state index is 14.7. The number of hydrogen-bond donors (Lipinski definition) is 1. The Morgan fingerprint density at radius 3 is 2.62 bits per heavy atom. The van der Waals surface area contributed by atoms with E-state index >= 15 is 0 Å². The summed E-state index contributed by atoms with van der Waals surface area (Å²) in [5.41, 5.74) is 0.347. The Labute approximate surface area is 164 Å². The number of nitrogens with one attached hydrogen (secondary N) is 1. The normalized spacial score (nSPS) is 16.2. The summed E-state index contributed by atoms with van der Waals surface area (Å²) < 4.78 is 36.3. The molecule has 29 heavy (non-hydrogen) atoms. The summed E-state index contributed by atoms with van der Waals surface area (Å²) in [6.45, 7) is 2.34. The van der Waals surface area contributed by atoms with Crippen LogP contribution >= 0.6 is 0 Å². The maximum atomic E-state index is 14.7. The maximum Gasteiger partial charge on any atom is 0.251 e. The molecule has 1 aromatic carbocycles. The quantitative estimate of drug-likeness (QED) is 0.688. The molecule has 150 valence electrons. The van der Waals surface area contributed by atoms with Crippen LogP contribution in [0.1, 0.15) is 6.92 Å². The van der Waals surface area contributed by atoms with E-state index in [4.69, 9.17) is 4.74 Å². The van der Waals surface area contributed by atoms with E-state index in [-0.39, 0.29) is 35.8 Å². The summed E-state index contributed by atoms with van der Waals surface area (Å²) in [6, 6.07) is 2.49. The molecule has 0 unspecified atom stereocenters. The fourth-order valence-electron chi connectivity index (χ4n) is 3.01. The molecule has 1 N–H and O–H groups in total. The predicted octanol–water partition coefficient (Wildman–Crippen LogP) is 1.30. The number of carbonyl (C=O) groups is 1. The van der Waals surface area contributed by atoms with Gasteiger partial charge < -0.3 is 15.0 Å². The minimum atomic E-state index is -0.734. The number of amides is 1. The third-order valence-electron chi connectivity index (χ3n) is 4.41. The van der Waals surface area contributed by atoms with Crippen LogP contribution in [0.2, 0.25) is 0 Å². The molecule has 9 nitrogen and oxygen atoms in total. The van der Waals surface area contributed by atoms with Crippen molar-refractivity contribution in [2.24, 2.45) is 0 Å². The van der Waals surface area contributed by atoms with Crippen LogP contribution in [0, 0.1) is 11.6 Å². The molecule has 0 aliphatic carbocycles. The monoisotopic (exact) mass is 401 g/mol. The van der Waals surface area contributed by atoms with Crippen LogP contribution in [0.5, 0.6) is 0 Å². The molecule has 0 saturated carbocycles. The number of rotatable bonds is 5. The Hall–Kier alpha value is -3.47. The van der Waals surface area contributed by atoms with Gasteiger partial charge in [-0.25, -0.2) is 23.7 Å². The molecule has 1 amide bonds. The lowest BCUT2D eigenvalue weighted by molar-refractivity contribution is -0.119. The second-order valence-electron chi connectivity index (χ2n) is 6.47. The molecule has 1 aliphatic rings. The molecule has 1 atom stereocenters.